The Balaban J connectivity index is 1.52. The van der Waals surface area contributed by atoms with Crippen LogP contribution in [0.25, 0.3) is 11.1 Å². The molecular weight excluding hydrogens is 520 g/mol. The normalized spacial score (nSPS) is 13.3. The molecule has 41 heavy (non-hydrogen) atoms. The van der Waals surface area contributed by atoms with Crippen LogP contribution in [-0.2, 0) is 24.4 Å². The topological polar surface area (TPSA) is 80.3 Å². The quantitative estimate of drug-likeness (QED) is 0.106. The average Bonchev–Trinajstić information content (AvgIpc) is 3.27. The first-order valence-corrected chi connectivity index (χ1v) is 13.6. The fourth-order valence-electron chi connectivity index (χ4n) is 5.46. The average molecular weight is 553 g/mol. The molecule has 1 aliphatic carbocycles. The maximum atomic E-state index is 11.7. The first-order valence-electron chi connectivity index (χ1n) is 13.6. The van der Waals surface area contributed by atoms with E-state index in [2.05, 4.69) is 72.8 Å². The molecule has 0 N–H and O–H groups in total. The lowest BCUT2D eigenvalue weighted by molar-refractivity contribution is -0.141. The van der Waals surface area contributed by atoms with E-state index in [1.165, 1.54) is 29.2 Å². The summed E-state index contributed by atoms with van der Waals surface area (Å²) in [7, 11) is 0. The molecule has 1 atom stereocenters. The molecule has 0 heterocycles. The van der Waals surface area contributed by atoms with Crippen molar-refractivity contribution in [3.8, 4) is 22.6 Å². The number of hydrogen-bond acceptors (Lipinski definition) is 7. The Kier molecular flexibility index (Phi) is 8.24. The smallest absolute Gasteiger partial charge is 0.490 e. The van der Waals surface area contributed by atoms with Gasteiger partial charge in [-0.25, -0.2) is 4.79 Å². The van der Waals surface area contributed by atoms with Crippen LogP contribution in [0, 0.1) is 0 Å². The van der Waals surface area contributed by atoms with Gasteiger partial charge in [-0.1, -0.05) is 72.8 Å². The van der Waals surface area contributed by atoms with Gasteiger partial charge < -0.3 is 23.7 Å². The highest BCUT2D eigenvalue weighted by Crippen LogP contribution is 2.56. The predicted molar refractivity (Wildman–Crippen MR) is 154 cm³/mol. The molecule has 0 radical (unpaired) electrons. The highest BCUT2D eigenvalue weighted by atomic mass is 16.8. The van der Waals surface area contributed by atoms with Crippen LogP contribution in [-0.4, -0.2) is 38.2 Å². The molecule has 0 fully saturated rings. The third-order valence-corrected chi connectivity index (χ3v) is 7.01. The summed E-state index contributed by atoms with van der Waals surface area (Å²) in [4.78, 5) is 22.7. The van der Waals surface area contributed by atoms with Crippen molar-refractivity contribution in [3.63, 3.8) is 0 Å². The predicted octanol–water partition coefficient (Wildman–Crippen LogP) is 6.89. The molecule has 7 heteroatoms. The minimum absolute atomic E-state index is 0.194. The molecule has 7 nitrogen and oxygen atoms in total. The summed E-state index contributed by atoms with van der Waals surface area (Å²) in [6.07, 6.45) is -1.58. The van der Waals surface area contributed by atoms with Gasteiger partial charge in [0.2, 0.25) is 6.29 Å². The van der Waals surface area contributed by atoms with E-state index in [4.69, 9.17) is 23.7 Å². The van der Waals surface area contributed by atoms with Crippen LogP contribution in [0.2, 0.25) is 0 Å². The van der Waals surface area contributed by atoms with E-state index in [0.29, 0.717) is 11.5 Å². The van der Waals surface area contributed by atoms with Gasteiger partial charge in [-0.15, -0.1) is 0 Å². The molecule has 5 rings (SSSR count). The van der Waals surface area contributed by atoms with Gasteiger partial charge in [0, 0.05) is 13.8 Å². The van der Waals surface area contributed by atoms with Crippen molar-refractivity contribution in [1.29, 1.82) is 0 Å². The minimum Gasteiger partial charge on any atom is -0.490 e. The van der Waals surface area contributed by atoms with Gasteiger partial charge in [-0.2, -0.15) is 0 Å². The summed E-state index contributed by atoms with van der Waals surface area (Å²) >= 11 is 0. The van der Waals surface area contributed by atoms with E-state index in [0.717, 1.165) is 11.1 Å². The first-order chi connectivity index (χ1) is 19.9. The van der Waals surface area contributed by atoms with E-state index in [1.54, 1.807) is 13.8 Å². The maximum absolute atomic E-state index is 11.7. The highest BCUT2D eigenvalue weighted by molar-refractivity contribution is 5.86. The molecule has 210 valence electrons. The SMILES string of the molecule is CCOC(=O)OC(C)Oc1ccc(C2(c3ccc(OCCOC(C)=O)cc3)c3ccccc3-c3ccccc32)cc1. The van der Waals surface area contributed by atoms with Crippen LogP contribution in [0.5, 0.6) is 11.5 Å². The number of esters is 1. The van der Waals surface area contributed by atoms with Gasteiger partial charge in [0.05, 0.1) is 12.0 Å². The van der Waals surface area contributed by atoms with Gasteiger partial charge in [0.25, 0.3) is 0 Å². The zero-order chi connectivity index (χ0) is 28.8. The molecule has 0 bridgehead atoms. The zero-order valence-electron chi connectivity index (χ0n) is 23.3. The van der Waals surface area contributed by atoms with Gasteiger partial charge >= 0.3 is 12.1 Å². The van der Waals surface area contributed by atoms with Crippen LogP contribution < -0.4 is 9.47 Å². The molecule has 4 aromatic carbocycles. The van der Waals surface area contributed by atoms with E-state index >= 15 is 0 Å². The molecule has 0 amide bonds. The Bertz CT molecular complexity index is 1460. The third-order valence-electron chi connectivity index (χ3n) is 7.01. The Labute approximate surface area is 239 Å². The molecule has 4 aromatic rings. The van der Waals surface area contributed by atoms with Gasteiger partial charge in [0.15, 0.2) is 0 Å². The second-order valence-corrected chi connectivity index (χ2v) is 9.56. The Morgan fingerprint density at radius 3 is 1.78 bits per heavy atom. The number of fused-ring (bicyclic) bond motifs is 3. The third kappa shape index (κ3) is 5.61. The van der Waals surface area contributed by atoms with Crippen LogP contribution in [0.1, 0.15) is 43.0 Å². The summed E-state index contributed by atoms with van der Waals surface area (Å²) < 4.78 is 26.6. The Morgan fingerprint density at radius 1 is 0.707 bits per heavy atom. The van der Waals surface area contributed by atoms with Crippen molar-refractivity contribution < 1.29 is 33.3 Å². The molecule has 0 saturated carbocycles. The maximum Gasteiger partial charge on any atom is 0.511 e. The standard InChI is InChI=1S/C34H32O7/c1-4-37-33(36)41-24(3)40-28-19-15-26(16-20-28)34(25-13-17-27(18-14-25)39-22-21-38-23(2)35)31-11-7-5-9-29(31)30-10-6-8-12-32(30)34/h5-20,24H,4,21-22H2,1-3H3. The summed E-state index contributed by atoms with van der Waals surface area (Å²) in [6.45, 7) is 5.43. The molecule has 1 unspecified atom stereocenters. The molecular formula is C34H32O7. The van der Waals surface area contributed by atoms with Crippen LogP contribution in [0.15, 0.2) is 97.1 Å². The number of ether oxygens (including phenoxy) is 5. The summed E-state index contributed by atoms with van der Waals surface area (Å²) in [5.41, 5.74) is 6.27. The van der Waals surface area contributed by atoms with E-state index in [1.807, 2.05) is 24.3 Å². The zero-order valence-corrected chi connectivity index (χ0v) is 23.3. The van der Waals surface area contributed by atoms with Crippen molar-refractivity contribution in [2.24, 2.45) is 0 Å². The lowest BCUT2D eigenvalue weighted by Gasteiger charge is -2.34. The van der Waals surface area contributed by atoms with Gasteiger partial charge in [0.1, 0.15) is 24.7 Å². The fourth-order valence-corrected chi connectivity index (χ4v) is 5.46. The number of carbonyl (C=O) groups is 2. The second-order valence-electron chi connectivity index (χ2n) is 9.56. The molecule has 1 aliphatic rings. The number of rotatable bonds is 10. The lowest BCUT2D eigenvalue weighted by atomic mass is 9.68. The summed E-state index contributed by atoms with van der Waals surface area (Å²) in [5.74, 6) is 0.925. The lowest BCUT2D eigenvalue weighted by Crippen LogP contribution is -2.28. The summed E-state index contributed by atoms with van der Waals surface area (Å²) in [6, 6.07) is 32.9. The molecule has 0 saturated heterocycles. The Morgan fingerprint density at radius 2 is 1.24 bits per heavy atom. The Hall–Kier alpha value is -4.78. The molecule has 0 aliphatic heterocycles. The minimum atomic E-state index is -0.810. The van der Waals surface area contributed by atoms with Crippen molar-refractivity contribution in [2.75, 3.05) is 19.8 Å². The van der Waals surface area contributed by atoms with E-state index < -0.39 is 17.9 Å². The molecule has 0 aromatic heterocycles. The highest BCUT2D eigenvalue weighted by Gasteiger charge is 2.45. The van der Waals surface area contributed by atoms with E-state index in [9.17, 15) is 9.59 Å². The van der Waals surface area contributed by atoms with Crippen molar-refractivity contribution in [2.45, 2.75) is 32.5 Å². The summed E-state index contributed by atoms with van der Waals surface area (Å²) in [5, 5.41) is 0. The number of benzene rings is 4. The largest absolute Gasteiger partial charge is 0.511 e. The number of carbonyl (C=O) groups excluding carboxylic acids is 2. The van der Waals surface area contributed by atoms with Crippen molar-refractivity contribution in [1.82, 2.24) is 0 Å². The van der Waals surface area contributed by atoms with Crippen molar-refractivity contribution in [3.05, 3.63) is 119 Å². The second kappa shape index (κ2) is 12.2. The van der Waals surface area contributed by atoms with Gasteiger partial charge in [-0.3, -0.25) is 4.79 Å². The number of hydrogen-bond donors (Lipinski definition) is 0. The van der Waals surface area contributed by atoms with E-state index in [-0.39, 0.29) is 25.8 Å². The van der Waals surface area contributed by atoms with Gasteiger partial charge in [-0.05, 0) is 64.6 Å². The van der Waals surface area contributed by atoms with Crippen molar-refractivity contribution >= 4 is 12.1 Å². The van der Waals surface area contributed by atoms with Crippen LogP contribution >= 0.6 is 0 Å². The first kappa shape index (κ1) is 27.8. The van der Waals surface area contributed by atoms with Crippen LogP contribution in [0.4, 0.5) is 4.79 Å². The monoisotopic (exact) mass is 552 g/mol. The molecule has 0 spiro atoms. The van der Waals surface area contributed by atoms with Crippen LogP contribution in [0.3, 0.4) is 0 Å². The fraction of sp³-hybridized carbons (Fsp3) is 0.235.